The van der Waals surface area contributed by atoms with Crippen molar-refractivity contribution in [3.05, 3.63) is 53.6 Å². The Morgan fingerprint density at radius 1 is 1.17 bits per heavy atom. The number of ether oxygens (including phenoxy) is 1. The molecule has 0 aromatic heterocycles. The first kappa shape index (κ1) is 24.2. The highest BCUT2D eigenvalue weighted by Crippen LogP contribution is 2.37. The molecule has 1 aliphatic carbocycles. The lowest BCUT2D eigenvalue weighted by molar-refractivity contribution is 0.1000. The lowest BCUT2D eigenvalue weighted by Gasteiger charge is -2.34. The van der Waals surface area contributed by atoms with Gasteiger partial charge in [-0.3, -0.25) is 4.79 Å². The zero-order chi connectivity index (χ0) is 20.9. The predicted molar refractivity (Wildman–Crippen MR) is 126 cm³/mol. The minimum absolute atomic E-state index is 0. The van der Waals surface area contributed by atoms with Gasteiger partial charge in [0.1, 0.15) is 12.4 Å². The summed E-state index contributed by atoms with van der Waals surface area (Å²) in [4.78, 5) is 11.4. The smallest absolute Gasteiger partial charge is 0.248 e. The molecule has 0 aliphatic heterocycles. The molecule has 2 aromatic rings. The average molecular weight is 431 g/mol. The third-order valence-electron chi connectivity index (χ3n) is 6.10. The van der Waals surface area contributed by atoms with E-state index in [4.69, 9.17) is 10.5 Å². The van der Waals surface area contributed by atoms with Crippen molar-refractivity contribution in [3.8, 4) is 16.9 Å². The number of aryl methyl sites for hydroxylation is 1. The number of hydrogen-bond donors (Lipinski definition) is 2. The maximum atomic E-state index is 11.4. The summed E-state index contributed by atoms with van der Waals surface area (Å²) in [6.07, 6.45) is 5.33. The molecule has 5 heteroatoms. The van der Waals surface area contributed by atoms with E-state index in [9.17, 15) is 4.79 Å². The quantitative estimate of drug-likeness (QED) is 0.553. The number of rotatable bonds is 8. The number of hydrogen-bond acceptors (Lipinski definition) is 3. The minimum Gasteiger partial charge on any atom is -0.492 e. The van der Waals surface area contributed by atoms with Crippen molar-refractivity contribution >= 4 is 18.3 Å². The Kier molecular flexibility index (Phi) is 8.75. The van der Waals surface area contributed by atoms with Crippen LogP contribution in [-0.4, -0.2) is 25.6 Å². The number of amides is 1. The summed E-state index contributed by atoms with van der Waals surface area (Å²) in [5.41, 5.74) is 9.62. The molecule has 4 nitrogen and oxygen atoms in total. The number of carbonyl (C=O) groups is 1. The molecule has 0 spiro atoms. The summed E-state index contributed by atoms with van der Waals surface area (Å²) < 4.78 is 5.96. The second kappa shape index (κ2) is 10.8. The largest absolute Gasteiger partial charge is 0.492 e. The van der Waals surface area contributed by atoms with E-state index in [1.807, 2.05) is 31.2 Å². The highest BCUT2D eigenvalue weighted by molar-refractivity contribution is 5.93. The molecule has 30 heavy (non-hydrogen) atoms. The third-order valence-corrected chi connectivity index (χ3v) is 6.10. The minimum atomic E-state index is -0.402. The Morgan fingerprint density at radius 3 is 2.57 bits per heavy atom. The Balaban J connectivity index is 0.00000320. The summed E-state index contributed by atoms with van der Waals surface area (Å²) >= 11 is 0. The van der Waals surface area contributed by atoms with Gasteiger partial charge in [-0.15, -0.1) is 12.4 Å². The van der Waals surface area contributed by atoms with E-state index >= 15 is 0 Å². The number of nitrogens with one attached hydrogen (secondary N) is 1. The summed E-state index contributed by atoms with van der Waals surface area (Å²) in [6, 6.07) is 13.7. The van der Waals surface area contributed by atoms with Gasteiger partial charge in [0.05, 0.1) is 0 Å². The van der Waals surface area contributed by atoms with E-state index in [0.717, 1.165) is 41.4 Å². The van der Waals surface area contributed by atoms with Crippen LogP contribution in [0, 0.1) is 18.3 Å². The van der Waals surface area contributed by atoms with Crippen LogP contribution < -0.4 is 15.8 Å². The van der Waals surface area contributed by atoms with Crippen LogP contribution in [0.4, 0.5) is 0 Å². The van der Waals surface area contributed by atoms with E-state index in [2.05, 4.69) is 31.3 Å². The summed E-state index contributed by atoms with van der Waals surface area (Å²) in [5, 5.41) is 3.56. The zero-order valence-corrected chi connectivity index (χ0v) is 19.2. The molecule has 1 fully saturated rings. The number of nitrogens with two attached hydrogens (primary N) is 1. The van der Waals surface area contributed by atoms with Crippen molar-refractivity contribution in [2.24, 2.45) is 17.1 Å². The Hall–Kier alpha value is -2.04. The highest BCUT2D eigenvalue weighted by atomic mass is 35.5. The van der Waals surface area contributed by atoms with Crippen molar-refractivity contribution in [2.75, 3.05) is 19.7 Å². The van der Waals surface area contributed by atoms with Gasteiger partial charge in [0.2, 0.25) is 5.91 Å². The second-order valence-electron chi connectivity index (χ2n) is 9.08. The van der Waals surface area contributed by atoms with Crippen LogP contribution in [0.5, 0.6) is 5.75 Å². The summed E-state index contributed by atoms with van der Waals surface area (Å²) in [7, 11) is 0. The molecule has 1 saturated carbocycles. The Morgan fingerprint density at radius 2 is 1.90 bits per heavy atom. The van der Waals surface area contributed by atoms with Crippen molar-refractivity contribution in [3.63, 3.8) is 0 Å². The topological polar surface area (TPSA) is 64.4 Å². The van der Waals surface area contributed by atoms with Gasteiger partial charge in [0.25, 0.3) is 0 Å². The van der Waals surface area contributed by atoms with Crippen molar-refractivity contribution in [2.45, 2.75) is 46.5 Å². The molecule has 1 aliphatic rings. The number of halogens is 1. The maximum Gasteiger partial charge on any atom is 0.248 e. The van der Waals surface area contributed by atoms with Crippen LogP contribution in [0.1, 0.15) is 55.5 Å². The fourth-order valence-electron chi connectivity index (χ4n) is 4.10. The van der Waals surface area contributed by atoms with Gasteiger partial charge in [-0.1, -0.05) is 32.0 Å². The first-order valence-corrected chi connectivity index (χ1v) is 10.7. The Bertz CT molecular complexity index is 841. The van der Waals surface area contributed by atoms with E-state index in [1.54, 1.807) is 6.07 Å². The van der Waals surface area contributed by atoms with Crippen LogP contribution in [0.25, 0.3) is 11.1 Å². The molecule has 0 saturated heterocycles. The van der Waals surface area contributed by atoms with E-state index in [-0.39, 0.29) is 12.4 Å². The molecule has 3 rings (SSSR count). The maximum absolute atomic E-state index is 11.4. The standard InChI is InChI=1S/C25H34N2O2.ClH/c1-18-15-21(24(26)28)7-8-23(18)20-5-4-6-22(16-20)29-14-13-27-17-19-9-11-25(2,3)12-10-19;/h4-8,15-16,19,27H,9-14,17H2,1-3H3,(H2,26,28);1H. The molecule has 0 radical (unpaired) electrons. The molecular weight excluding hydrogens is 396 g/mol. The van der Waals surface area contributed by atoms with Gasteiger partial charge in [-0.05, 0) is 91.4 Å². The second-order valence-corrected chi connectivity index (χ2v) is 9.08. The van der Waals surface area contributed by atoms with Crippen LogP contribution >= 0.6 is 12.4 Å². The monoisotopic (exact) mass is 430 g/mol. The van der Waals surface area contributed by atoms with E-state index in [1.165, 1.54) is 25.7 Å². The van der Waals surface area contributed by atoms with Gasteiger partial charge in [0, 0.05) is 12.1 Å². The Labute approximate surface area is 187 Å². The molecule has 0 bridgehead atoms. The molecule has 0 heterocycles. The van der Waals surface area contributed by atoms with Crippen LogP contribution in [0.2, 0.25) is 0 Å². The first-order chi connectivity index (χ1) is 13.8. The van der Waals surface area contributed by atoms with E-state index < -0.39 is 5.91 Å². The third kappa shape index (κ3) is 6.75. The normalized spacial score (nSPS) is 16.0. The van der Waals surface area contributed by atoms with Gasteiger partial charge in [0.15, 0.2) is 0 Å². The van der Waals surface area contributed by atoms with E-state index in [0.29, 0.717) is 17.6 Å². The van der Waals surface area contributed by atoms with Crippen LogP contribution in [-0.2, 0) is 0 Å². The molecule has 0 unspecified atom stereocenters. The molecule has 3 N–H and O–H groups in total. The lowest BCUT2D eigenvalue weighted by atomic mass is 9.73. The molecule has 2 aromatic carbocycles. The number of primary amides is 1. The fraction of sp³-hybridized carbons (Fsp3) is 0.480. The molecule has 1 amide bonds. The highest BCUT2D eigenvalue weighted by Gasteiger charge is 2.26. The lowest BCUT2D eigenvalue weighted by Crippen LogP contribution is -2.31. The van der Waals surface area contributed by atoms with Crippen molar-refractivity contribution < 1.29 is 9.53 Å². The molecular formula is C25H35ClN2O2. The van der Waals surface area contributed by atoms with Crippen LogP contribution in [0.15, 0.2) is 42.5 Å². The van der Waals surface area contributed by atoms with Gasteiger partial charge in [-0.2, -0.15) is 0 Å². The number of carbonyl (C=O) groups excluding carboxylic acids is 1. The van der Waals surface area contributed by atoms with Gasteiger partial charge in [-0.25, -0.2) is 0 Å². The predicted octanol–water partition coefficient (Wildman–Crippen LogP) is 5.37. The average Bonchev–Trinajstić information content (AvgIpc) is 2.69. The summed E-state index contributed by atoms with van der Waals surface area (Å²) in [6.45, 7) is 9.35. The molecule has 0 atom stereocenters. The van der Waals surface area contributed by atoms with Gasteiger partial charge >= 0.3 is 0 Å². The van der Waals surface area contributed by atoms with Crippen molar-refractivity contribution in [1.29, 1.82) is 0 Å². The van der Waals surface area contributed by atoms with Crippen molar-refractivity contribution in [1.82, 2.24) is 5.32 Å². The number of benzene rings is 2. The SMILES string of the molecule is Cc1cc(C(N)=O)ccc1-c1cccc(OCCNCC2CCC(C)(C)CC2)c1.Cl. The summed E-state index contributed by atoms with van der Waals surface area (Å²) in [5.74, 6) is 1.26. The molecule has 164 valence electrons. The van der Waals surface area contributed by atoms with Gasteiger partial charge < -0.3 is 15.8 Å². The fourth-order valence-corrected chi connectivity index (χ4v) is 4.10. The van der Waals surface area contributed by atoms with Crippen LogP contribution in [0.3, 0.4) is 0 Å². The first-order valence-electron chi connectivity index (χ1n) is 10.7. The zero-order valence-electron chi connectivity index (χ0n) is 18.4.